The monoisotopic (exact) mass is 268 g/mol. The molecule has 0 aliphatic carbocycles. The van der Waals surface area contributed by atoms with Crippen LogP contribution in [0.2, 0.25) is 0 Å². The molecule has 0 unspecified atom stereocenters. The van der Waals surface area contributed by atoms with Crippen LogP contribution in [-0.4, -0.2) is 24.0 Å². The number of thioether (sulfide) groups is 1. The Balaban J connectivity index is 4.29. The Morgan fingerprint density at radius 3 is 2.50 bits per heavy atom. The third-order valence-corrected chi connectivity index (χ3v) is 3.73. The molecule has 1 amide bonds. The summed E-state index contributed by atoms with van der Waals surface area (Å²) in [6, 6.07) is 2.23. The number of carbonyl (C=O) groups is 1. The second-order valence-electron chi connectivity index (χ2n) is 4.31. The molecule has 102 valence electrons. The molecule has 0 bridgehead atoms. The summed E-state index contributed by atoms with van der Waals surface area (Å²) in [7, 11) is 0. The number of amides is 1. The van der Waals surface area contributed by atoms with Crippen LogP contribution in [0.4, 0.5) is 0 Å². The topological polar surface area (TPSA) is 52.9 Å². The summed E-state index contributed by atoms with van der Waals surface area (Å²) >= 11 is 1.72. The van der Waals surface area contributed by atoms with Crippen LogP contribution < -0.4 is 5.32 Å². The van der Waals surface area contributed by atoms with Crippen molar-refractivity contribution in [2.45, 2.75) is 39.5 Å². The summed E-state index contributed by atoms with van der Waals surface area (Å²) in [6.07, 6.45) is 4.84. The Kier molecular flexibility index (Phi) is 9.49. The van der Waals surface area contributed by atoms with Gasteiger partial charge in [0.2, 0.25) is 5.91 Å². The fourth-order valence-corrected chi connectivity index (χ4v) is 2.52. The van der Waals surface area contributed by atoms with Gasteiger partial charge in [-0.3, -0.25) is 4.79 Å². The highest BCUT2D eigenvalue weighted by Gasteiger charge is 2.36. The van der Waals surface area contributed by atoms with Crippen LogP contribution in [0.5, 0.6) is 0 Å². The zero-order valence-electron chi connectivity index (χ0n) is 11.5. The first-order valence-electron chi connectivity index (χ1n) is 6.55. The second kappa shape index (κ2) is 10.0. The predicted octanol–water partition coefficient (Wildman–Crippen LogP) is 3.13. The summed E-state index contributed by atoms with van der Waals surface area (Å²) in [5.41, 5.74) is -0.827. The maximum atomic E-state index is 12.1. The van der Waals surface area contributed by atoms with E-state index in [2.05, 4.69) is 18.0 Å². The lowest BCUT2D eigenvalue weighted by molar-refractivity contribution is -0.128. The highest BCUT2D eigenvalue weighted by atomic mass is 32.2. The summed E-state index contributed by atoms with van der Waals surface area (Å²) < 4.78 is 0. The summed E-state index contributed by atoms with van der Waals surface area (Å²) in [6.45, 7) is 8.28. The van der Waals surface area contributed by atoms with Gasteiger partial charge >= 0.3 is 0 Å². The van der Waals surface area contributed by atoms with Crippen molar-refractivity contribution in [1.29, 1.82) is 5.26 Å². The van der Waals surface area contributed by atoms with Gasteiger partial charge in [0.05, 0.1) is 6.07 Å². The van der Waals surface area contributed by atoms with Gasteiger partial charge in [0.15, 0.2) is 0 Å². The van der Waals surface area contributed by atoms with Crippen molar-refractivity contribution >= 4 is 17.7 Å². The molecule has 0 saturated carbocycles. The van der Waals surface area contributed by atoms with Crippen molar-refractivity contribution in [3.05, 3.63) is 12.7 Å². The van der Waals surface area contributed by atoms with Gasteiger partial charge in [0.25, 0.3) is 0 Å². The van der Waals surface area contributed by atoms with Crippen molar-refractivity contribution in [3.63, 3.8) is 0 Å². The van der Waals surface area contributed by atoms with Crippen molar-refractivity contribution in [2.75, 3.05) is 18.1 Å². The molecule has 3 nitrogen and oxygen atoms in total. The molecule has 0 atom stereocenters. The third-order valence-electron chi connectivity index (χ3n) is 2.77. The SMILES string of the molecule is C=CCSCCNC(=O)C(C#N)(CCC)CCC. The highest BCUT2D eigenvalue weighted by molar-refractivity contribution is 7.99. The van der Waals surface area contributed by atoms with Crippen molar-refractivity contribution in [1.82, 2.24) is 5.32 Å². The molecule has 1 N–H and O–H groups in total. The Labute approximate surface area is 115 Å². The molecule has 0 fully saturated rings. The van der Waals surface area contributed by atoms with E-state index in [0.717, 1.165) is 24.3 Å². The van der Waals surface area contributed by atoms with E-state index in [9.17, 15) is 10.1 Å². The molecule has 0 spiro atoms. The van der Waals surface area contributed by atoms with Gasteiger partial charge in [0.1, 0.15) is 5.41 Å². The van der Waals surface area contributed by atoms with Crippen LogP contribution in [0.1, 0.15) is 39.5 Å². The van der Waals surface area contributed by atoms with Crippen LogP contribution in [0.3, 0.4) is 0 Å². The van der Waals surface area contributed by atoms with E-state index in [1.165, 1.54) is 0 Å². The molecule has 0 aromatic carbocycles. The van der Waals surface area contributed by atoms with E-state index >= 15 is 0 Å². The summed E-state index contributed by atoms with van der Waals surface area (Å²) in [5, 5.41) is 12.2. The molecular formula is C14H24N2OS. The number of rotatable bonds is 10. The number of nitrogens with zero attached hydrogens (tertiary/aromatic N) is 1. The van der Waals surface area contributed by atoms with Gasteiger partial charge in [-0.15, -0.1) is 6.58 Å². The fourth-order valence-electron chi connectivity index (χ4n) is 1.94. The Morgan fingerprint density at radius 1 is 1.44 bits per heavy atom. The molecule has 0 aliphatic rings. The lowest BCUT2D eigenvalue weighted by Crippen LogP contribution is -2.41. The van der Waals surface area contributed by atoms with Crippen LogP contribution >= 0.6 is 11.8 Å². The fraction of sp³-hybridized carbons (Fsp3) is 0.714. The molecular weight excluding hydrogens is 244 g/mol. The minimum Gasteiger partial charge on any atom is -0.354 e. The Bertz CT molecular complexity index is 291. The largest absolute Gasteiger partial charge is 0.354 e. The lowest BCUT2D eigenvalue weighted by atomic mass is 9.80. The van der Waals surface area contributed by atoms with Gasteiger partial charge in [-0.2, -0.15) is 17.0 Å². The van der Waals surface area contributed by atoms with E-state index in [-0.39, 0.29) is 5.91 Å². The molecule has 0 heterocycles. The molecule has 18 heavy (non-hydrogen) atoms. The highest BCUT2D eigenvalue weighted by Crippen LogP contribution is 2.29. The van der Waals surface area contributed by atoms with Crippen molar-refractivity contribution in [2.24, 2.45) is 5.41 Å². The van der Waals surface area contributed by atoms with E-state index in [0.29, 0.717) is 19.4 Å². The number of nitriles is 1. The average molecular weight is 268 g/mol. The van der Waals surface area contributed by atoms with Gasteiger partial charge in [-0.1, -0.05) is 32.8 Å². The van der Waals surface area contributed by atoms with Gasteiger partial charge in [-0.05, 0) is 12.8 Å². The predicted molar refractivity (Wildman–Crippen MR) is 78.4 cm³/mol. The molecule has 0 rings (SSSR count). The Hall–Kier alpha value is -0.950. The minimum atomic E-state index is -0.827. The smallest absolute Gasteiger partial charge is 0.240 e. The molecule has 0 aliphatic heterocycles. The average Bonchev–Trinajstić information content (AvgIpc) is 2.37. The molecule has 0 saturated heterocycles. The normalized spacial score (nSPS) is 10.7. The van der Waals surface area contributed by atoms with Crippen LogP contribution in [-0.2, 0) is 4.79 Å². The number of nitrogens with one attached hydrogen (secondary N) is 1. The van der Waals surface area contributed by atoms with Crippen LogP contribution in [0, 0.1) is 16.7 Å². The first kappa shape index (κ1) is 17.1. The van der Waals surface area contributed by atoms with Crippen molar-refractivity contribution in [3.8, 4) is 6.07 Å². The molecule has 4 heteroatoms. The maximum absolute atomic E-state index is 12.1. The maximum Gasteiger partial charge on any atom is 0.240 e. The van der Waals surface area contributed by atoms with Gasteiger partial charge in [-0.25, -0.2) is 0 Å². The number of carbonyl (C=O) groups excluding carboxylic acids is 1. The quantitative estimate of drug-likeness (QED) is 0.489. The molecule has 0 aromatic rings. The number of hydrogen-bond acceptors (Lipinski definition) is 3. The van der Waals surface area contributed by atoms with E-state index in [4.69, 9.17) is 0 Å². The standard InChI is InChI=1S/C14H24N2OS/c1-4-7-14(12-15,8-5-2)13(17)16-9-11-18-10-6-3/h6H,3-5,7-11H2,1-2H3,(H,16,17). The zero-order valence-corrected chi connectivity index (χ0v) is 12.3. The minimum absolute atomic E-state index is 0.104. The Morgan fingerprint density at radius 2 is 2.06 bits per heavy atom. The molecule has 0 aromatic heterocycles. The summed E-state index contributed by atoms with van der Waals surface area (Å²) in [4.78, 5) is 12.1. The van der Waals surface area contributed by atoms with Crippen molar-refractivity contribution < 1.29 is 4.79 Å². The van der Waals surface area contributed by atoms with Crippen LogP contribution in [0.15, 0.2) is 12.7 Å². The zero-order chi connectivity index (χ0) is 13.9. The van der Waals surface area contributed by atoms with Gasteiger partial charge < -0.3 is 5.32 Å². The first-order valence-corrected chi connectivity index (χ1v) is 7.70. The third kappa shape index (κ3) is 5.59. The number of hydrogen-bond donors (Lipinski definition) is 1. The lowest BCUT2D eigenvalue weighted by Gasteiger charge is -2.24. The summed E-state index contributed by atoms with van der Waals surface area (Å²) in [5.74, 6) is 1.65. The second-order valence-corrected chi connectivity index (χ2v) is 5.46. The van der Waals surface area contributed by atoms with Gasteiger partial charge in [0, 0.05) is 18.1 Å². The van der Waals surface area contributed by atoms with Crippen LogP contribution in [0.25, 0.3) is 0 Å². The first-order chi connectivity index (χ1) is 8.66. The van der Waals surface area contributed by atoms with E-state index in [1.54, 1.807) is 11.8 Å². The molecule has 0 radical (unpaired) electrons. The van der Waals surface area contributed by atoms with E-state index in [1.807, 2.05) is 19.9 Å². The van der Waals surface area contributed by atoms with E-state index < -0.39 is 5.41 Å².